The highest BCUT2D eigenvalue weighted by atomic mass is 16.5. The van der Waals surface area contributed by atoms with Gasteiger partial charge in [0.05, 0.1) is 30.8 Å². The van der Waals surface area contributed by atoms with E-state index in [0.29, 0.717) is 18.2 Å². The Morgan fingerprint density at radius 3 is 2.85 bits per heavy atom. The van der Waals surface area contributed by atoms with Crippen molar-refractivity contribution < 1.29 is 9.84 Å². The molecule has 2 rings (SSSR count). The maximum atomic E-state index is 9.59. The first kappa shape index (κ1) is 14.4. The first-order valence-electron chi connectivity index (χ1n) is 6.36. The lowest BCUT2D eigenvalue weighted by atomic mass is 10.4. The molecule has 0 saturated carbocycles. The molecule has 20 heavy (non-hydrogen) atoms. The second-order valence-electron chi connectivity index (χ2n) is 4.59. The van der Waals surface area contributed by atoms with Gasteiger partial charge in [0.15, 0.2) is 5.82 Å². The van der Waals surface area contributed by atoms with Crippen LogP contribution in [-0.2, 0) is 4.74 Å². The highest BCUT2D eigenvalue weighted by Crippen LogP contribution is 2.11. The Labute approximate surface area is 117 Å². The van der Waals surface area contributed by atoms with Crippen LogP contribution in [0.15, 0.2) is 18.5 Å². The molecule has 7 nitrogen and oxygen atoms in total. The summed E-state index contributed by atoms with van der Waals surface area (Å²) in [7, 11) is 1.55. The molecule has 108 valence electrons. The molecule has 2 aromatic heterocycles. The molecule has 2 heterocycles. The molecule has 0 aromatic carbocycles. The Morgan fingerprint density at radius 1 is 1.40 bits per heavy atom. The standard InChI is InChI=1S/C13H19N5O2/c1-9-4-10(2)18(17-9)13-7-14-6-12(16-13)15-5-11(19)8-20-3/h4,6-7,11,19H,5,8H2,1-3H3,(H,15,16)/t11-/m1/s1. The van der Waals surface area contributed by atoms with Crippen LogP contribution in [-0.4, -0.2) is 51.2 Å². The molecule has 0 bridgehead atoms. The largest absolute Gasteiger partial charge is 0.389 e. The number of rotatable bonds is 6. The minimum Gasteiger partial charge on any atom is -0.389 e. The molecule has 0 radical (unpaired) electrons. The summed E-state index contributed by atoms with van der Waals surface area (Å²) in [4.78, 5) is 8.56. The summed E-state index contributed by atoms with van der Waals surface area (Å²) in [5.74, 6) is 1.23. The average Bonchev–Trinajstić information content (AvgIpc) is 2.76. The number of nitrogens with zero attached hydrogens (tertiary/aromatic N) is 4. The minimum absolute atomic E-state index is 0.275. The second-order valence-corrected chi connectivity index (χ2v) is 4.59. The van der Waals surface area contributed by atoms with Gasteiger partial charge in [-0.05, 0) is 19.9 Å². The third-order valence-corrected chi connectivity index (χ3v) is 2.73. The Bertz CT molecular complexity index is 570. The van der Waals surface area contributed by atoms with Gasteiger partial charge in [0, 0.05) is 19.3 Å². The van der Waals surface area contributed by atoms with Gasteiger partial charge in [-0.2, -0.15) is 5.10 Å². The van der Waals surface area contributed by atoms with Gasteiger partial charge in [-0.25, -0.2) is 9.67 Å². The van der Waals surface area contributed by atoms with Crippen molar-refractivity contribution in [1.29, 1.82) is 0 Å². The van der Waals surface area contributed by atoms with Crippen LogP contribution in [0.4, 0.5) is 5.82 Å². The van der Waals surface area contributed by atoms with Gasteiger partial charge < -0.3 is 15.2 Å². The molecule has 0 aliphatic carbocycles. The average molecular weight is 277 g/mol. The highest BCUT2D eigenvalue weighted by Gasteiger charge is 2.08. The van der Waals surface area contributed by atoms with E-state index in [2.05, 4.69) is 20.4 Å². The van der Waals surface area contributed by atoms with Gasteiger partial charge >= 0.3 is 0 Å². The van der Waals surface area contributed by atoms with Crippen LogP contribution >= 0.6 is 0 Å². The zero-order valence-corrected chi connectivity index (χ0v) is 11.9. The summed E-state index contributed by atoms with van der Waals surface area (Å²) < 4.78 is 6.60. The lowest BCUT2D eigenvalue weighted by molar-refractivity contribution is 0.0727. The lowest BCUT2D eigenvalue weighted by Gasteiger charge is -2.11. The molecule has 2 N–H and O–H groups in total. The predicted octanol–water partition coefficient (Wildman–Crippen LogP) is 0.698. The smallest absolute Gasteiger partial charge is 0.174 e. The lowest BCUT2D eigenvalue weighted by Crippen LogP contribution is -2.24. The number of aliphatic hydroxyl groups excluding tert-OH is 1. The van der Waals surface area contributed by atoms with E-state index in [4.69, 9.17) is 4.74 Å². The van der Waals surface area contributed by atoms with Crippen molar-refractivity contribution in [2.24, 2.45) is 0 Å². The summed E-state index contributed by atoms with van der Waals surface area (Å²) in [6.07, 6.45) is 2.67. The fourth-order valence-corrected chi connectivity index (χ4v) is 1.88. The molecule has 0 unspecified atom stereocenters. The summed E-state index contributed by atoms with van der Waals surface area (Å²) in [6, 6.07) is 1.98. The van der Waals surface area contributed by atoms with Gasteiger partial charge in [-0.15, -0.1) is 0 Å². The number of aromatic nitrogens is 4. The third kappa shape index (κ3) is 3.52. The quantitative estimate of drug-likeness (QED) is 0.808. The van der Waals surface area contributed by atoms with E-state index >= 15 is 0 Å². The number of methoxy groups -OCH3 is 1. The number of aliphatic hydroxyl groups is 1. The van der Waals surface area contributed by atoms with Crippen molar-refractivity contribution in [3.8, 4) is 5.82 Å². The Morgan fingerprint density at radius 2 is 2.20 bits per heavy atom. The molecule has 0 saturated heterocycles. The topological polar surface area (TPSA) is 85.1 Å². The number of aryl methyl sites for hydroxylation is 2. The molecular weight excluding hydrogens is 258 g/mol. The van der Waals surface area contributed by atoms with Gasteiger partial charge in [0.1, 0.15) is 5.82 Å². The van der Waals surface area contributed by atoms with E-state index in [1.807, 2.05) is 19.9 Å². The van der Waals surface area contributed by atoms with Crippen molar-refractivity contribution in [2.45, 2.75) is 20.0 Å². The second kappa shape index (κ2) is 6.44. The Kier molecular flexibility index (Phi) is 4.65. The number of hydrogen-bond donors (Lipinski definition) is 2. The van der Waals surface area contributed by atoms with Crippen LogP contribution in [0.5, 0.6) is 0 Å². The molecule has 7 heteroatoms. The summed E-state index contributed by atoms with van der Waals surface area (Å²) in [5.41, 5.74) is 1.92. The highest BCUT2D eigenvalue weighted by molar-refractivity contribution is 5.36. The molecule has 0 aliphatic rings. The van der Waals surface area contributed by atoms with Crippen LogP contribution in [0.3, 0.4) is 0 Å². The summed E-state index contributed by atoms with van der Waals surface area (Å²) >= 11 is 0. The summed E-state index contributed by atoms with van der Waals surface area (Å²) in [5, 5.41) is 17.0. The predicted molar refractivity (Wildman–Crippen MR) is 75.0 cm³/mol. The van der Waals surface area contributed by atoms with Crippen LogP contribution in [0, 0.1) is 13.8 Å². The molecule has 1 atom stereocenters. The van der Waals surface area contributed by atoms with Gasteiger partial charge in [-0.3, -0.25) is 4.98 Å². The van der Waals surface area contributed by atoms with Gasteiger partial charge in [0.2, 0.25) is 0 Å². The maximum absolute atomic E-state index is 9.59. The van der Waals surface area contributed by atoms with Gasteiger partial charge in [-0.1, -0.05) is 0 Å². The fourth-order valence-electron chi connectivity index (χ4n) is 1.88. The zero-order valence-electron chi connectivity index (χ0n) is 11.9. The van der Waals surface area contributed by atoms with Crippen molar-refractivity contribution >= 4 is 5.82 Å². The van der Waals surface area contributed by atoms with E-state index in [1.54, 1.807) is 24.2 Å². The molecule has 2 aromatic rings. The number of hydrogen-bond acceptors (Lipinski definition) is 6. The summed E-state index contributed by atoms with van der Waals surface area (Å²) in [6.45, 7) is 4.52. The zero-order chi connectivity index (χ0) is 14.5. The van der Waals surface area contributed by atoms with Crippen LogP contribution in [0.1, 0.15) is 11.4 Å². The molecular formula is C13H19N5O2. The molecule has 0 fully saturated rings. The van der Waals surface area contributed by atoms with E-state index in [9.17, 15) is 5.11 Å². The minimum atomic E-state index is -0.584. The molecule has 0 aliphatic heterocycles. The van der Waals surface area contributed by atoms with E-state index in [1.165, 1.54) is 0 Å². The third-order valence-electron chi connectivity index (χ3n) is 2.73. The van der Waals surface area contributed by atoms with Crippen molar-refractivity contribution in [2.75, 3.05) is 25.6 Å². The fraction of sp³-hybridized carbons (Fsp3) is 0.462. The number of anilines is 1. The number of nitrogens with one attached hydrogen (secondary N) is 1. The van der Waals surface area contributed by atoms with Gasteiger partial charge in [0.25, 0.3) is 0 Å². The van der Waals surface area contributed by atoms with Crippen LogP contribution in [0.25, 0.3) is 5.82 Å². The van der Waals surface area contributed by atoms with E-state index in [0.717, 1.165) is 11.4 Å². The first-order chi connectivity index (χ1) is 9.60. The van der Waals surface area contributed by atoms with Crippen molar-refractivity contribution in [3.63, 3.8) is 0 Å². The first-order valence-corrected chi connectivity index (χ1v) is 6.36. The molecule has 0 spiro atoms. The Balaban J connectivity index is 2.10. The van der Waals surface area contributed by atoms with Crippen LogP contribution < -0.4 is 5.32 Å². The van der Waals surface area contributed by atoms with Crippen LogP contribution in [0.2, 0.25) is 0 Å². The normalized spacial score (nSPS) is 12.4. The molecule has 0 amide bonds. The van der Waals surface area contributed by atoms with E-state index in [-0.39, 0.29) is 6.61 Å². The number of ether oxygens (including phenoxy) is 1. The van der Waals surface area contributed by atoms with E-state index < -0.39 is 6.10 Å². The maximum Gasteiger partial charge on any atom is 0.174 e. The SMILES string of the molecule is COC[C@H](O)CNc1cncc(-n2nc(C)cc2C)n1. The Hall–Kier alpha value is -1.99. The van der Waals surface area contributed by atoms with Crippen molar-refractivity contribution in [3.05, 3.63) is 29.8 Å². The van der Waals surface area contributed by atoms with Crippen molar-refractivity contribution in [1.82, 2.24) is 19.7 Å². The monoisotopic (exact) mass is 277 g/mol.